The van der Waals surface area contributed by atoms with Crippen LogP contribution in [0, 0.1) is 5.92 Å². The zero-order valence-electron chi connectivity index (χ0n) is 9.99. The molecule has 1 aliphatic carbocycles. The summed E-state index contributed by atoms with van der Waals surface area (Å²) in [6.45, 7) is 1.84. The molecule has 0 aliphatic heterocycles. The molecule has 0 heterocycles. The van der Waals surface area contributed by atoms with E-state index < -0.39 is 23.5 Å². The topological polar surface area (TPSA) is 80.7 Å². The number of allylic oxidation sites excluding steroid dienone is 2. The van der Waals surface area contributed by atoms with E-state index in [0.717, 1.165) is 0 Å². The molecule has 0 aromatic rings. The molecule has 17 heavy (non-hydrogen) atoms. The van der Waals surface area contributed by atoms with Gasteiger partial charge in [0.1, 0.15) is 5.76 Å². The highest BCUT2D eigenvalue weighted by molar-refractivity contribution is 6.23. The molecule has 1 aliphatic rings. The van der Waals surface area contributed by atoms with Crippen LogP contribution >= 0.6 is 0 Å². The number of ether oxygens (including phenoxy) is 1. The molecule has 0 amide bonds. The van der Waals surface area contributed by atoms with Gasteiger partial charge in [-0.2, -0.15) is 0 Å². The van der Waals surface area contributed by atoms with Gasteiger partial charge in [-0.1, -0.05) is 6.92 Å². The van der Waals surface area contributed by atoms with Crippen molar-refractivity contribution in [1.82, 2.24) is 0 Å². The first-order valence-electron chi connectivity index (χ1n) is 5.57. The van der Waals surface area contributed by atoms with Crippen molar-refractivity contribution in [1.29, 1.82) is 0 Å². The molecule has 1 rings (SSSR count). The molecule has 5 nitrogen and oxygen atoms in total. The third kappa shape index (κ3) is 2.93. The quantitative estimate of drug-likeness (QED) is 0.348. The zero-order chi connectivity index (χ0) is 13.0. The maximum Gasteiger partial charge on any atom is 0.309 e. The lowest BCUT2D eigenvalue weighted by atomic mass is 9.83. The Bertz CT molecular complexity index is 360. The third-order valence-corrected chi connectivity index (χ3v) is 2.73. The summed E-state index contributed by atoms with van der Waals surface area (Å²) in [5, 5.41) is 9.62. The van der Waals surface area contributed by atoms with Crippen molar-refractivity contribution in [3.63, 3.8) is 0 Å². The first kappa shape index (κ1) is 13.4. The van der Waals surface area contributed by atoms with E-state index in [4.69, 9.17) is 0 Å². The largest absolute Gasteiger partial charge is 0.511 e. The zero-order valence-corrected chi connectivity index (χ0v) is 9.99. The van der Waals surface area contributed by atoms with Gasteiger partial charge in [0, 0.05) is 19.3 Å². The number of carbonyl (C=O) groups is 3. The summed E-state index contributed by atoms with van der Waals surface area (Å²) in [4.78, 5) is 34.7. The highest BCUT2D eigenvalue weighted by atomic mass is 16.5. The summed E-state index contributed by atoms with van der Waals surface area (Å²) in [6.07, 6.45) is 0.815. The Balaban J connectivity index is 2.90. The van der Waals surface area contributed by atoms with Crippen LogP contribution in [0.15, 0.2) is 11.3 Å². The van der Waals surface area contributed by atoms with Gasteiger partial charge < -0.3 is 9.84 Å². The first-order chi connectivity index (χ1) is 8.01. The van der Waals surface area contributed by atoms with Crippen molar-refractivity contribution < 1.29 is 24.2 Å². The number of hydrogen-bond donors (Lipinski definition) is 1. The molecule has 0 saturated heterocycles. The lowest BCUT2D eigenvalue weighted by Gasteiger charge is -2.20. The molecule has 0 radical (unpaired) electrons. The van der Waals surface area contributed by atoms with Crippen LogP contribution in [0.4, 0.5) is 0 Å². The van der Waals surface area contributed by atoms with Gasteiger partial charge in [-0.25, -0.2) is 0 Å². The predicted molar refractivity (Wildman–Crippen MR) is 59.3 cm³/mol. The minimum absolute atomic E-state index is 0.0679. The highest BCUT2D eigenvalue weighted by Gasteiger charge is 2.36. The van der Waals surface area contributed by atoms with E-state index in [0.29, 0.717) is 12.8 Å². The molecule has 0 spiro atoms. The molecule has 0 aromatic carbocycles. The first-order valence-corrected chi connectivity index (χ1v) is 5.57. The van der Waals surface area contributed by atoms with E-state index in [1.54, 1.807) is 0 Å². The molecule has 0 bridgehead atoms. The van der Waals surface area contributed by atoms with E-state index >= 15 is 0 Å². The maximum atomic E-state index is 11.7. The normalized spacial score (nSPS) is 20.4. The molecule has 1 fully saturated rings. The standard InChI is InChI=1S/C12H16O5/c1-3-4-8(13)11-9(14)5-7(6-10(11)15)12(16)17-2/h7,13H,3-6H2,1-2H3. The number of carbonyl (C=O) groups excluding carboxylic acids is 3. The molecule has 1 N–H and O–H groups in total. The number of esters is 1. The summed E-state index contributed by atoms with van der Waals surface area (Å²) in [5.41, 5.74) is -0.132. The fourth-order valence-corrected chi connectivity index (χ4v) is 1.90. The number of ketones is 2. The maximum absolute atomic E-state index is 11.7. The van der Waals surface area contributed by atoms with Crippen molar-refractivity contribution in [3.05, 3.63) is 11.3 Å². The molecule has 0 atom stereocenters. The Labute approximate surface area is 99.5 Å². The van der Waals surface area contributed by atoms with Crippen LogP contribution in [-0.2, 0) is 19.1 Å². The number of aliphatic hydroxyl groups excluding tert-OH is 1. The average molecular weight is 240 g/mol. The van der Waals surface area contributed by atoms with E-state index in [2.05, 4.69) is 4.74 Å². The van der Waals surface area contributed by atoms with Crippen LogP contribution in [-0.4, -0.2) is 29.8 Å². The second kappa shape index (κ2) is 5.61. The third-order valence-electron chi connectivity index (χ3n) is 2.73. The fourth-order valence-electron chi connectivity index (χ4n) is 1.90. The number of rotatable bonds is 3. The second-order valence-electron chi connectivity index (χ2n) is 4.05. The van der Waals surface area contributed by atoms with Crippen molar-refractivity contribution in [2.24, 2.45) is 5.92 Å². The lowest BCUT2D eigenvalue weighted by Crippen LogP contribution is -2.32. The van der Waals surface area contributed by atoms with Gasteiger partial charge in [-0.15, -0.1) is 0 Å². The summed E-state index contributed by atoms with van der Waals surface area (Å²) < 4.78 is 4.51. The van der Waals surface area contributed by atoms with Crippen molar-refractivity contribution >= 4 is 17.5 Å². The average Bonchev–Trinajstić information content (AvgIpc) is 2.27. The van der Waals surface area contributed by atoms with E-state index in [1.165, 1.54) is 7.11 Å². The summed E-state index contributed by atoms with van der Waals surface area (Å²) >= 11 is 0. The highest BCUT2D eigenvalue weighted by Crippen LogP contribution is 2.26. The number of methoxy groups -OCH3 is 1. The Kier molecular flexibility index (Phi) is 4.43. The fraction of sp³-hybridized carbons (Fsp3) is 0.583. The molecule has 5 heteroatoms. The predicted octanol–water partition coefficient (Wildman–Crippen LogP) is 1.32. The summed E-state index contributed by atoms with van der Waals surface area (Å²) in [5.74, 6) is -2.37. The summed E-state index contributed by atoms with van der Waals surface area (Å²) in [6, 6.07) is 0. The minimum atomic E-state index is -0.710. The van der Waals surface area contributed by atoms with Gasteiger partial charge in [-0.05, 0) is 6.42 Å². The number of Topliss-reactive ketones (excluding diaryl/α,β-unsaturated/α-hetero) is 2. The van der Waals surface area contributed by atoms with Crippen LogP contribution in [0.5, 0.6) is 0 Å². The molecular weight excluding hydrogens is 224 g/mol. The van der Waals surface area contributed by atoms with Gasteiger partial charge in [0.15, 0.2) is 11.6 Å². The molecular formula is C12H16O5. The van der Waals surface area contributed by atoms with E-state index in [1.807, 2.05) is 6.92 Å². The van der Waals surface area contributed by atoms with Crippen molar-refractivity contribution in [2.45, 2.75) is 32.6 Å². The van der Waals surface area contributed by atoms with Gasteiger partial charge in [0.05, 0.1) is 18.6 Å². The van der Waals surface area contributed by atoms with Gasteiger partial charge in [0.25, 0.3) is 0 Å². The van der Waals surface area contributed by atoms with Crippen molar-refractivity contribution in [2.75, 3.05) is 7.11 Å². The number of aliphatic hydroxyl groups is 1. The van der Waals surface area contributed by atoms with E-state index in [9.17, 15) is 19.5 Å². The molecule has 0 unspecified atom stereocenters. The van der Waals surface area contributed by atoms with Gasteiger partial charge >= 0.3 is 5.97 Å². The SMILES string of the molecule is CCCC(O)=C1C(=O)CC(C(=O)OC)CC1=O. The Morgan fingerprint density at radius 1 is 1.35 bits per heavy atom. The van der Waals surface area contributed by atoms with Gasteiger partial charge in [-0.3, -0.25) is 14.4 Å². The number of hydrogen-bond acceptors (Lipinski definition) is 5. The molecule has 1 saturated carbocycles. The molecule has 0 aromatic heterocycles. The van der Waals surface area contributed by atoms with Crippen LogP contribution in [0.2, 0.25) is 0 Å². The monoisotopic (exact) mass is 240 g/mol. The van der Waals surface area contributed by atoms with E-state index in [-0.39, 0.29) is 24.2 Å². The Morgan fingerprint density at radius 2 is 1.88 bits per heavy atom. The van der Waals surface area contributed by atoms with Crippen LogP contribution < -0.4 is 0 Å². The molecule has 94 valence electrons. The van der Waals surface area contributed by atoms with Crippen molar-refractivity contribution in [3.8, 4) is 0 Å². The lowest BCUT2D eigenvalue weighted by molar-refractivity contribution is -0.149. The van der Waals surface area contributed by atoms with Crippen LogP contribution in [0.3, 0.4) is 0 Å². The Morgan fingerprint density at radius 3 is 2.29 bits per heavy atom. The van der Waals surface area contributed by atoms with Crippen LogP contribution in [0.1, 0.15) is 32.6 Å². The second-order valence-corrected chi connectivity index (χ2v) is 4.05. The van der Waals surface area contributed by atoms with Gasteiger partial charge in [0.2, 0.25) is 0 Å². The minimum Gasteiger partial charge on any atom is -0.511 e. The summed E-state index contributed by atoms with van der Waals surface area (Å²) in [7, 11) is 1.22. The van der Waals surface area contributed by atoms with Crippen LogP contribution in [0.25, 0.3) is 0 Å². The Hall–Kier alpha value is -1.65. The smallest absolute Gasteiger partial charge is 0.309 e.